The van der Waals surface area contributed by atoms with Gasteiger partial charge in [-0.25, -0.2) is 0 Å². The highest BCUT2D eigenvalue weighted by Crippen LogP contribution is 2.22. The molecule has 2 heteroatoms. The lowest BCUT2D eigenvalue weighted by Crippen LogP contribution is -2.09. The lowest BCUT2D eigenvalue weighted by Gasteiger charge is -2.05. The van der Waals surface area contributed by atoms with Gasteiger partial charge in [0, 0.05) is 11.6 Å². The van der Waals surface area contributed by atoms with E-state index in [-0.39, 0.29) is 6.04 Å². The van der Waals surface area contributed by atoms with Crippen molar-refractivity contribution < 1.29 is 5.11 Å². The summed E-state index contributed by atoms with van der Waals surface area (Å²) in [4.78, 5) is 0. The molecule has 0 aliphatic rings. The normalized spacial score (nSPS) is 13.4. The molecule has 0 fully saturated rings. The van der Waals surface area contributed by atoms with Gasteiger partial charge in [0.2, 0.25) is 0 Å². The number of phenolic OH excluding ortho intramolecular Hbond substituents is 1. The Morgan fingerprint density at radius 2 is 1.86 bits per heavy atom. The van der Waals surface area contributed by atoms with Crippen LogP contribution in [-0.2, 0) is 0 Å². The molecule has 2 nitrogen and oxygen atoms in total. The van der Waals surface area contributed by atoms with E-state index in [1.165, 1.54) is 5.56 Å². The first-order chi connectivity index (χ1) is 6.50. The molecular formula is C12H17NO. The Balaban J connectivity index is 3.04. The second-order valence-corrected chi connectivity index (χ2v) is 3.71. The van der Waals surface area contributed by atoms with Gasteiger partial charge in [-0.2, -0.15) is 0 Å². The molecule has 14 heavy (non-hydrogen) atoms. The van der Waals surface area contributed by atoms with Crippen molar-refractivity contribution in [1.82, 2.24) is 0 Å². The lowest BCUT2D eigenvalue weighted by atomic mass is 10.0. The largest absolute Gasteiger partial charge is 0.507 e. The smallest absolute Gasteiger partial charge is 0.123 e. The highest BCUT2D eigenvalue weighted by molar-refractivity contribution is 5.59. The van der Waals surface area contributed by atoms with E-state index in [0.29, 0.717) is 5.75 Å². The Labute approximate surface area is 85.1 Å². The van der Waals surface area contributed by atoms with E-state index >= 15 is 0 Å². The Bertz CT molecular complexity index is 354. The molecule has 3 N–H and O–H groups in total. The average molecular weight is 191 g/mol. The van der Waals surface area contributed by atoms with Gasteiger partial charge in [0.15, 0.2) is 0 Å². The third-order valence-corrected chi connectivity index (χ3v) is 2.22. The summed E-state index contributed by atoms with van der Waals surface area (Å²) in [5, 5.41) is 9.64. The topological polar surface area (TPSA) is 46.2 Å². The second kappa shape index (κ2) is 4.29. The number of rotatable bonds is 2. The quantitative estimate of drug-likeness (QED) is 0.753. The molecule has 0 aromatic heterocycles. The zero-order valence-electron chi connectivity index (χ0n) is 8.91. The van der Waals surface area contributed by atoms with Crippen LogP contribution in [0.2, 0.25) is 0 Å². The van der Waals surface area contributed by atoms with Gasteiger partial charge >= 0.3 is 0 Å². The van der Waals surface area contributed by atoms with Gasteiger partial charge in [-0.05, 0) is 44.0 Å². The van der Waals surface area contributed by atoms with E-state index in [9.17, 15) is 5.11 Å². The minimum atomic E-state index is 0.0102. The highest BCUT2D eigenvalue weighted by Gasteiger charge is 2.00. The van der Waals surface area contributed by atoms with Gasteiger partial charge in [0.25, 0.3) is 0 Å². The first kappa shape index (κ1) is 10.8. The highest BCUT2D eigenvalue weighted by atomic mass is 16.3. The zero-order valence-corrected chi connectivity index (χ0v) is 8.91. The van der Waals surface area contributed by atoms with Crippen molar-refractivity contribution in [3.63, 3.8) is 0 Å². The monoisotopic (exact) mass is 191 g/mol. The number of aromatic hydroxyl groups is 1. The van der Waals surface area contributed by atoms with Gasteiger partial charge < -0.3 is 10.8 Å². The number of nitrogens with two attached hydrogens (primary N) is 1. The number of hydrogen-bond acceptors (Lipinski definition) is 2. The van der Waals surface area contributed by atoms with Crippen LogP contribution in [0, 0.1) is 13.8 Å². The lowest BCUT2D eigenvalue weighted by molar-refractivity contribution is 0.473. The Morgan fingerprint density at radius 3 is 2.43 bits per heavy atom. The second-order valence-electron chi connectivity index (χ2n) is 3.71. The van der Waals surface area contributed by atoms with Crippen molar-refractivity contribution in [2.75, 3.05) is 0 Å². The molecule has 76 valence electrons. The van der Waals surface area contributed by atoms with E-state index in [1.54, 1.807) is 6.07 Å². The van der Waals surface area contributed by atoms with Crippen LogP contribution in [0.15, 0.2) is 18.2 Å². The van der Waals surface area contributed by atoms with Crippen molar-refractivity contribution in [3.8, 4) is 5.75 Å². The Hall–Kier alpha value is -1.28. The molecular weight excluding hydrogens is 174 g/mol. The van der Waals surface area contributed by atoms with Gasteiger partial charge in [-0.1, -0.05) is 12.2 Å². The standard InChI is InChI=1S/C12H17NO/c1-8-6-11(5-4-10(3)13)12(14)7-9(8)2/h4-7,10,14H,13H2,1-3H3/b5-4+. The van der Waals surface area contributed by atoms with E-state index in [1.807, 2.05) is 39.0 Å². The zero-order chi connectivity index (χ0) is 10.7. The molecule has 0 saturated heterocycles. The fraction of sp³-hybridized carbons (Fsp3) is 0.333. The van der Waals surface area contributed by atoms with Crippen molar-refractivity contribution in [2.45, 2.75) is 26.8 Å². The molecule has 0 saturated carbocycles. The fourth-order valence-electron chi connectivity index (χ4n) is 1.21. The average Bonchev–Trinajstić information content (AvgIpc) is 2.09. The predicted molar refractivity (Wildman–Crippen MR) is 60.3 cm³/mol. The van der Waals surface area contributed by atoms with E-state index < -0.39 is 0 Å². The van der Waals surface area contributed by atoms with Crippen molar-refractivity contribution in [2.24, 2.45) is 5.73 Å². The molecule has 0 aliphatic carbocycles. The molecule has 0 aliphatic heterocycles. The van der Waals surface area contributed by atoms with E-state index in [0.717, 1.165) is 11.1 Å². The molecule has 1 rings (SSSR count). The Kier molecular flexibility index (Phi) is 3.31. The number of phenols is 1. The van der Waals surface area contributed by atoms with Crippen molar-refractivity contribution in [1.29, 1.82) is 0 Å². The van der Waals surface area contributed by atoms with Crippen molar-refractivity contribution in [3.05, 3.63) is 34.9 Å². The van der Waals surface area contributed by atoms with Crippen LogP contribution in [0.5, 0.6) is 5.75 Å². The van der Waals surface area contributed by atoms with Crippen molar-refractivity contribution >= 4 is 6.08 Å². The molecule has 0 spiro atoms. The van der Waals surface area contributed by atoms with Gasteiger partial charge in [-0.15, -0.1) is 0 Å². The van der Waals surface area contributed by atoms with Crippen LogP contribution in [-0.4, -0.2) is 11.1 Å². The van der Waals surface area contributed by atoms with Crippen LogP contribution in [0.4, 0.5) is 0 Å². The maximum absolute atomic E-state index is 9.64. The molecule has 0 amide bonds. The number of aryl methyl sites for hydroxylation is 2. The third-order valence-electron chi connectivity index (χ3n) is 2.22. The molecule has 0 bridgehead atoms. The molecule has 0 heterocycles. The SMILES string of the molecule is Cc1cc(O)c(/C=C/C(C)N)cc1C. The molecule has 1 atom stereocenters. The molecule has 1 unspecified atom stereocenters. The van der Waals surface area contributed by atoms with Crippen LogP contribution in [0.3, 0.4) is 0 Å². The van der Waals surface area contributed by atoms with Gasteiger partial charge in [-0.3, -0.25) is 0 Å². The summed E-state index contributed by atoms with van der Waals surface area (Å²) in [7, 11) is 0. The van der Waals surface area contributed by atoms with Crippen LogP contribution in [0.25, 0.3) is 6.08 Å². The van der Waals surface area contributed by atoms with Crippen LogP contribution in [0.1, 0.15) is 23.6 Å². The first-order valence-electron chi connectivity index (χ1n) is 4.74. The maximum atomic E-state index is 9.64. The maximum Gasteiger partial charge on any atom is 0.123 e. The minimum absolute atomic E-state index is 0.0102. The summed E-state index contributed by atoms with van der Waals surface area (Å²) in [5.41, 5.74) is 8.69. The molecule has 0 radical (unpaired) electrons. The third kappa shape index (κ3) is 2.60. The number of hydrogen-bond donors (Lipinski definition) is 2. The summed E-state index contributed by atoms with van der Waals surface area (Å²) in [6, 6.07) is 3.75. The minimum Gasteiger partial charge on any atom is -0.507 e. The molecule has 1 aromatic rings. The van der Waals surface area contributed by atoms with Crippen LogP contribution < -0.4 is 5.73 Å². The first-order valence-corrected chi connectivity index (χ1v) is 4.74. The van der Waals surface area contributed by atoms with Gasteiger partial charge in [0.1, 0.15) is 5.75 Å². The van der Waals surface area contributed by atoms with Gasteiger partial charge in [0.05, 0.1) is 0 Å². The molecule has 1 aromatic carbocycles. The summed E-state index contributed by atoms with van der Waals surface area (Å²) >= 11 is 0. The van der Waals surface area contributed by atoms with E-state index in [4.69, 9.17) is 5.73 Å². The fourth-order valence-corrected chi connectivity index (χ4v) is 1.21. The number of benzene rings is 1. The predicted octanol–water partition coefficient (Wildman–Crippen LogP) is 2.37. The Morgan fingerprint density at radius 1 is 1.29 bits per heavy atom. The van der Waals surface area contributed by atoms with E-state index in [2.05, 4.69) is 0 Å². The summed E-state index contributed by atoms with van der Waals surface area (Å²) < 4.78 is 0. The summed E-state index contributed by atoms with van der Waals surface area (Å²) in [6.07, 6.45) is 3.72. The summed E-state index contributed by atoms with van der Waals surface area (Å²) in [6.45, 7) is 5.90. The van der Waals surface area contributed by atoms with Crippen LogP contribution >= 0.6 is 0 Å². The summed E-state index contributed by atoms with van der Waals surface area (Å²) in [5.74, 6) is 0.310.